The molecule has 0 saturated carbocycles. The van der Waals surface area contributed by atoms with Gasteiger partial charge in [0.25, 0.3) is 0 Å². The average molecular weight is 440 g/mol. The van der Waals surface area contributed by atoms with Crippen molar-refractivity contribution in [2.75, 3.05) is 33.9 Å². The van der Waals surface area contributed by atoms with Crippen LogP contribution in [0.3, 0.4) is 0 Å². The van der Waals surface area contributed by atoms with Crippen LogP contribution >= 0.6 is 0 Å². The van der Waals surface area contributed by atoms with Crippen molar-refractivity contribution >= 4 is 0 Å². The summed E-state index contributed by atoms with van der Waals surface area (Å²) in [5.74, 6) is -0.177. The van der Waals surface area contributed by atoms with Crippen molar-refractivity contribution < 1.29 is 28.1 Å². The zero-order chi connectivity index (χ0) is 23.1. The number of benzene rings is 2. The lowest BCUT2D eigenvalue weighted by Gasteiger charge is -2.36. The van der Waals surface area contributed by atoms with Crippen LogP contribution in [0.25, 0.3) is 0 Å². The van der Waals surface area contributed by atoms with Crippen LogP contribution < -0.4 is 4.74 Å². The summed E-state index contributed by atoms with van der Waals surface area (Å²) < 4.78 is 46.3. The number of aryl methyl sites for hydroxylation is 3. The van der Waals surface area contributed by atoms with Gasteiger partial charge in [-0.05, 0) is 70.0 Å². The van der Waals surface area contributed by atoms with Gasteiger partial charge in [0.1, 0.15) is 5.75 Å². The number of hydrogen-bond acceptors (Lipinski definition) is 4. The second-order valence-corrected chi connectivity index (χ2v) is 8.20. The van der Waals surface area contributed by atoms with Gasteiger partial charge in [-0.1, -0.05) is 35.9 Å². The van der Waals surface area contributed by atoms with E-state index in [2.05, 4.69) is 6.07 Å². The lowest BCUT2D eigenvalue weighted by Crippen LogP contribution is -2.51. The molecular formula is C24H32F3NO3. The first kappa shape index (κ1) is 25.2. The molecule has 0 atom stereocenters. The maximum absolute atomic E-state index is 13.6. The first-order valence-electron chi connectivity index (χ1n) is 10.4. The Morgan fingerprint density at radius 2 is 1.61 bits per heavy atom. The molecule has 0 aliphatic rings. The Kier molecular flexibility index (Phi) is 8.91. The largest absolute Gasteiger partial charge is 0.493 e. The summed E-state index contributed by atoms with van der Waals surface area (Å²) >= 11 is 0. The molecule has 0 aliphatic carbocycles. The summed E-state index contributed by atoms with van der Waals surface area (Å²) in [6.45, 7) is 1.62. The van der Waals surface area contributed by atoms with Crippen molar-refractivity contribution in [3.8, 4) is 5.75 Å². The van der Waals surface area contributed by atoms with Gasteiger partial charge in [-0.2, -0.15) is 13.2 Å². The molecule has 31 heavy (non-hydrogen) atoms. The number of rotatable bonds is 11. The molecule has 2 N–H and O–H groups in total. The van der Waals surface area contributed by atoms with E-state index < -0.39 is 17.3 Å². The summed E-state index contributed by atoms with van der Waals surface area (Å²) in [7, 11) is 3.45. The average Bonchev–Trinajstić information content (AvgIpc) is 2.72. The van der Waals surface area contributed by atoms with Gasteiger partial charge in [0.05, 0.1) is 30.9 Å². The maximum Gasteiger partial charge on any atom is 0.419 e. The van der Waals surface area contributed by atoms with Crippen molar-refractivity contribution in [3.05, 3.63) is 64.7 Å². The molecule has 2 aromatic carbocycles. The number of nitrogens with zero attached hydrogens (tertiary/aromatic N) is 1. The maximum atomic E-state index is 13.6. The second-order valence-electron chi connectivity index (χ2n) is 8.20. The van der Waals surface area contributed by atoms with Crippen LogP contribution in [0.4, 0.5) is 13.2 Å². The van der Waals surface area contributed by atoms with E-state index in [4.69, 9.17) is 4.74 Å². The predicted octanol–water partition coefficient (Wildman–Crippen LogP) is 4.24. The van der Waals surface area contributed by atoms with Gasteiger partial charge in [-0.3, -0.25) is 4.90 Å². The number of aliphatic hydroxyl groups is 2. The van der Waals surface area contributed by atoms with E-state index in [1.807, 2.05) is 25.1 Å². The third kappa shape index (κ3) is 6.95. The first-order chi connectivity index (χ1) is 14.6. The highest BCUT2D eigenvalue weighted by Crippen LogP contribution is 2.37. The number of aliphatic hydroxyl groups excluding tert-OH is 2. The van der Waals surface area contributed by atoms with Crippen molar-refractivity contribution in [1.29, 1.82) is 0 Å². The summed E-state index contributed by atoms with van der Waals surface area (Å²) in [6.07, 6.45) is -2.58. The van der Waals surface area contributed by atoms with Crippen LogP contribution in [-0.4, -0.2) is 54.6 Å². The third-order valence-corrected chi connectivity index (χ3v) is 5.72. The van der Waals surface area contributed by atoms with Crippen LogP contribution in [0.1, 0.15) is 35.1 Å². The molecule has 4 nitrogen and oxygen atoms in total. The molecule has 2 aromatic rings. The minimum atomic E-state index is -4.53. The van der Waals surface area contributed by atoms with E-state index in [1.165, 1.54) is 6.07 Å². The van der Waals surface area contributed by atoms with E-state index in [9.17, 15) is 23.4 Å². The van der Waals surface area contributed by atoms with Crippen LogP contribution in [0.15, 0.2) is 42.5 Å². The lowest BCUT2D eigenvalue weighted by atomic mass is 9.91. The highest BCUT2D eigenvalue weighted by atomic mass is 19.4. The second kappa shape index (κ2) is 11.0. The number of halogens is 3. The molecule has 0 amide bonds. The van der Waals surface area contributed by atoms with Gasteiger partial charge >= 0.3 is 6.18 Å². The summed E-state index contributed by atoms with van der Waals surface area (Å²) in [5, 5.41) is 19.3. The zero-order valence-corrected chi connectivity index (χ0v) is 18.4. The van der Waals surface area contributed by atoms with Gasteiger partial charge in [-0.25, -0.2) is 0 Å². The summed E-state index contributed by atoms with van der Waals surface area (Å²) in [5.41, 5.74) is 1.07. The highest BCUT2D eigenvalue weighted by Gasteiger charge is 2.35. The van der Waals surface area contributed by atoms with Crippen molar-refractivity contribution in [2.45, 2.75) is 44.3 Å². The summed E-state index contributed by atoms with van der Waals surface area (Å²) in [4.78, 5) is 1.70. The van der Waals surface area contributed by atoms with E-state index in [1.54, 1.807) is 25.1 Å². The fourth-order valence-corrected chi connectivity index (χ4v) is 3.50. The molecule has 0 aliphatic heterocycles. The van der Waals surface area contributed by atoms with Crippen molar-refractivity contribution in [1.82, 2.24) is 4.90 Å². The Bertz CT molecular complexity index is 833. The van der Waals surface area contributed by atoms with Crippen LogP contribution in [0.2, 0.25) is 0 Å². The zero-order valence-electron chi connectivity index (χ0n) is 18.4. The highest BCUT2D eigenvalue weighted by molar-refractivity contribution is 5.39. The quantitative estimate of drug-likeness (QED) is 0.514. The molecule has 0 unspecified atom stereocenters. The molecule has 0 saturated heterocycles. The van der Waals surface area contributed by atoms with Crippen molar-refractivity contribution in [3.63, 3.8) is 0 Å². The van der Waals surface area contributed by atoms with Crippen LogP contribution in [0, 0.1) is 6.92 Å². The van der Waals surface area contributed by atoms with Gasteiger partial charge in [0.15, 0.2) is 0 Å². The van der Waals surface area contributed by atoms with E-state index in [0.717, 1.165) is 23.6 Å². The Morgan fingerprint density at radius 3 is 2.19 bits per heavy atom. The normalized spacial score (nSPS) is 12.4. The third-order valence-electron chi connectivity index (χ3n) is 5.72. The van der Waals surface area contributed by atoms with Gasteiger partial charge in [-0.15, -0.1) is 0 Å². The fraction of sp³-hybridized carbons (Fsp3) is 0.500. The van der Waals surface area contributed by atoms with Crippen molar-refractivity contribution in [2.24, 2.45) is 0 Å². The summed E-state index contributed by atoms with van der Waals surface area (Å²) in [6, 6.07) is 12.1. The molecule has 172 valence electrons. The Labute approximate surface area is 182 Å². The Morgan fingerprint density at radius 1 is 0.935 bits per heavy atom. The SMILES string of the molecule is Cc1cccc(CCCOc2ccc(CCC(CO)(CO)N(C)C)cc2C(F)(F)F)c1. The van der Waals surface area contributed by atoms with E-state index >= 15 is 0 Å². The van der Waals surface area contributed by atoms with Crippen LogP contribution in [-0.2, 0) is 19.0 Å². The monoisotopic (exact) mass is 439 g/mol. The standard InChI is InChI=1S/C24H32F3NO3/c1-18-6-4-7-19(14-18)8-5-13-31-22-10-9-20(15-21(22)24(25,26)27)11-12-23(16-29,17-30)28(2)3/h4,6-7,9-10,14-15,29-30H,5,8,11-13,16-17H2,1-3H3. The Balaban J connectivity index is 2.05. The number of likely N-dealkylation sites (N-methyl/N-ethyl adjacent to an activating group) is 1. The lowest BCUT2D eigenvalue weighted by molar-refractivity contribution is -0.139. The molecular weight excluding hydrogens is 407 g/mol. The molecule has 2 rings (SSSR count). The Hall–Kier alpha value is -2.09. The molecule has 0 aromatic heterocycles. The minimum Gasteiger partial charge on any atom is -0.493 e. The molecule has 7 heteroatoms. The molecule has 0 bridgehead atoms. The number of alkyl halides is 3. The molecule has 0 radical (unpaired) electrons. The van der Waals surface area contributed by atoms with Crippen LogP contribution in [0.5, 0.6) is 5.75 Å². The number of hydrogen-bond donors (Lipinski definition) is 2. The number of ether oxygens (including phenoxy) is 1. The first-order valence-corrected chi connectivity index (χ1v) is 10.4. The molecule has 0 spiro atoms. The van der Waals surface area contributed by atoms with Gasteiger partial charge in [0, 0.05) is 0 Å². The van der Waals surface area contributed by atoms with E-state index in [-0.39, 0.29) is 32.0 Å². The van der Waals surface area contributed by atoms with E-state index in [0.29, 0.717) is 18.4 Å². The smallest absolute Gasteiger partial charge is 0.419 e. The van der Waals surface area contributed by atoms with Gasteiger partial charge in [0.2, 0.25) is 0 Å². The molecule has 0 fully saturated rings. The van der Waals surface area contributed by atoms with Gasteiger partial charge < -0.3 is 14.9 Å². The topological polar surface area (TPSA) is 52.9 Å². The fourth-order valence-electron chi connectivity index (χ4n) is 3.50. The predicted molar refractivity (Wildman–Crippen MR) is 115 cm³/mol. The molecule has 0 heterocycles. The minimum absolute atomic E-state index is 0.177.